The van der Waals surface area contributed by atoms with E-state index < -0.39 is 16.2 Å². The number of rotatable bonds is 5. The van der Waals surface area contributed by atoms with Crippen LogP contribution in [0.1, 0.15) is 12.8 Å². The lowest BCUT2D eigenvalue weighted by atomic mass is 10.1. The lowest BCUT2D eigenvalue weighted by molar-refractivity contribution is 0.155. The van der Waals surface area contributed by atoms with Gasteiger partial charge >= 0.3 is 10.1 Å². The van der Waals surface area contributed by atoms with E-state index in [1.807, 2.05) is 0 Å². The molecule has 1 aromatic carbocycles. The molecule has 2 atom stereocenters. The van der Waals surface area contributed by atoms with Crippen LogP contribution in [0, 0.1) is 0 Å². The maximum Gasteiger partial charge on any atom is 0.311 e. The van der Waals surface area contributed by atoms with Crippen molar-refractivity contribution in [2.75, 3.05) is 12.3 Å². The molecule has 18 heavy (non-hydrogen) atoms. The van der Waals surface area contributed by atoms with E-state index in [0.29, 0.717) is 0 Å². The smallest absolute Gasteiger partial charge is 0.311 e. The minimum atomic E-state index is -3.76. The normalized spacial score (nSPS) is 21.7. The van der Waals surface area contributed by atoms with Crippen molar-refractivity contribution in [3.8, 4) is 5.75 Å². The summed E-state index contributed by atoms with van der Waals surface area (Å²) in [4.78, 5) is 0. The molecule has 0 spiro atoms. The van der Waals surface area contributed by atoms with Gasteiger partial charge in [0, 0.05) is 6.04 Å². The van der Waals surface area contributed by atoms with Crippen LogP contribution in [0.15, 0.2) is 30.3 Å². The third-order valence-electron chi connectivity index (χ3n) is 2.90. The van der Waals surface area contributed by atoms with Gasteiger partial charge in [0.15, 0.2) is 0 Å². The Morgan fingerprint density at radius 3 is 2.72 bits per heavy atom. The van der Waals surface area contributed by atoms with Crippen LogP contribution in [0.2, 0.25) is 0 Å². The number of aliphatic hydroxyl groups excluding tert-OH is 1. The Morgan fingerprint density at radius 1 is 1.39 bits per heavy atom. The van der Waals surface area contributed by atoms with Crippen LogP contribution in [0.25, 0.3) is 0 Å². The number of nitrogens with one attached hydrogen (secondary N) is 1. The molecular formula is C12H17NO4S. The molecule has 100 valence electrons. The van der Waals surface area contributed by atoms with Crippen molar-refractivity contribution >= 4 is 10.1 Å². The number of aliphatic hydroxyl groups is 1. The second-order valence-corrected chi connectivity index (χ2v) is 6.01. The lowest BCUT2D eigenvalue weighted by Crippen LogP contribution is -2.40. The Kier molecular flexibility index (Phi) is 4.21. The second-order valence-electron chi connectivity index (χ2n) is 4.39. The van der Waals surface area contributed by atoms with E-state index >= 15 is 0 Å². The highest BCUT2D eigenvalue weighted by Crippen LogP contribution is 2.15. The molecule has 2 N–H and O–H groups in total. The summed E-state index contributed by atoms with van der Waals surface area (Å²) in [5.74, 6) is -0.122. The minimum absolute atomic E-state index is 0.154. The molecular weight excluding hydrogens is 254 g/mol. The average molecular weight is 271 g/mol. The number of hydrogen-bond donors (Lipinski definition) is 2. The molecule has 0 saturated carbocycles. The summed E-state index contributed by atoms with van der Waals surface area (Å²) in [6, 6.07) is 8.14. The van der Waals surface area contributed by atoms with Gasteiger partial charge in [0.2, 0.25) is 0 Å². The van der Waals surface area contributed by atoms with E-state index in [-0.39, 0.29) is 17.5 Å². The van der Waals surface area contributed by atoms with E-state index in [9.17, 15) is 13.5 Å². The summed E-state index contributed by atoms with van der Waals surface area (Å²) in [6.45, 7) is 0.821. The first kappa shape index (κ1) is 13.3. The third-order valence-corrected chi connectivity index (χ3v) is 4.10. The highest BCUT2D eigenvalue weighted by atomic mass is 32.2. The predicted octanol–water partition coefficient (Wildman–Crippen LogP) is 0.508. The van der Waals surface area contributed by atoms with E-state index in [1.54, 1.807) is 30.3 Å². The summed E-state index contributed by atoms with van der Waals surface area (Å²) in [6.07, 6.45) is 0.824. The first-order chi connectivity index (χ1) is 8.57. The highest BCUT2D eigenvalue weighted by molar-refractivity contribution is 7.87. The molecule has 0 bridgehead atoms. The molecule has 1 aliphatic heterocycles. The summed E-state index contributed by atoms with van der Waals surface area (Å²) < 4.78 is 28.4. The van der Waals surface area contributed by atoms with Gasteiger partial charge < -0.3 is 14.6 Å². The topological polar surface area (TPSA) is 75.6 Å². The van der Waals surface area contributed by atoms with Crippen molar-refractivity contribution in [1.29, 1.82) is 0 Å². The van der Waals surface area contributed by atoms with Gasteiger partial charge in [-0.15, -0.1) is 0 Å². The van der Waals surface area contributed by atoms with Crippen molar-refractivity contribution in [3.63, 3.8) is 0 Å². The number of hydrogen-bond acceptors (Lipinski definition) is 5. The first-order valence-corrected chi connectivity index (χ1v) is 7.53. The van der Waals surface area contributed by atoms with Crippen molar-refractivity contribution in [2.24, 2.45) is 0 Å². The fourth-order valence-electron chi connectivity index (χ4n) is 2.02. The van der Waals surface area contributed by atoms with Gasteiger partial charge in [-0.1, -0.05) is 18.2 Å². The van der Waals surface area contributed by atoms with Crippen molar-refractivity contribution < 1.29 is 17.7 Å². The molecule has 6 heteroatoms. The van der Waals surface area contributed by atoms with Crippen LogP contribution in [-0.2, 0) is 10.1 Å². The first-order valence-electron chi connectivity index (χ1n) is 5.95. The van der Waals surface area contributed by atoms with Crippen LogP contribution in [-0.4, -0.2) is 38.0 Å². The van der Waals surface area contributed by atoms with Gasteiger partial charge in [-0.3, -0.25) is 0 Å². The molecule has 1 saturated heterocycles. The molecule has 1 aromatic rings. The summed E-state index contributed by atoms with van der Waals surface area (Å²) in [5.41, 5.74) is 0. The molecule has 0 radical (unpaired) electrons. The van der Waals surface area contributed by atoms with Gasteiger partial charge in [-0.2, -0.15) is 8.42 Å². The summed E-state index contributed by atoms with van der Waals surface area (Å²) >= 11 is 0. The standard InChI is InChI=1S/C12H17NO4S/c14-12(11-7-4-8-13-11)9-18(15,16)17-10-5-2-1-3-6-10/h1-3,5-6,11-14H,4,7-9H2/t11-,12+/m0/s1. The SMILES string of the molecule is O=S(=O)(C[C@@H](O)[C@@H]1CCCN1)Oc1ccccc1. The van der Waals surface area contributed by atoms with Crippen LogP contribution >= 0.6 is 0 Å². The zero-order chi connectivity index (χ0) is 13.0. The fourth-order valence-corrected chi connectivity index (χ4v) is 3.14. The zero-order valence-corrected chi connectivity index (χ0v) is 10.8. The van der Waals surface area contributed by atoms with Gasteiger partial charge in [0.1, 0.15) is 11.5 Å². The Hall–Kier alpha value is -1.11. The van der Waals surface area contributed by atoms with E-state index in [4.69, 9.17) is 4.18 Å². The molecule has 1 heterocycles. The van der Waals surface area contributed by atoms with E-state index in [1.165, 1.54) is 0 Å². The zero-order valence-electron chi connectivity index (χ0n) is 9.95. The van der Waals surface area contributed by atoms with Crippen LogP contribution < -0.4 is 9.50 Å². The maximum atomic E-state index is 11.8. The Labute approximate surface area is 107 Å². The molecule has 0 unspecified atom stereocenters. The molecule has 0 aliphatic carbocycles. The summed E-state index contributed by atoms with van der Waals surface area (Å²) in [5, 5.41) is 12.9. The third kappa shape index (κ3) is 3.69. The molecule has 0 amide bonds. The van der Waals surface area contributed by atoms with Gasteiger partial charge in [-0.05, 0) is 31.5 Å². The molecule has 0 aromatic heterocycles. The quantitative estimate of drug-likeness (QED) is 0.763. The number of para-hydroxylation sites is 1. The van der Waals surface area contributed by atoms with Crippen molar-refractivity contribution in [2.45, 2.75) is 25.0 Å². The van der Waals surface area contributed by atoms with Gasteiger partial charge in [-0.25, -0.2) is 0 Å². The average Bonchev–Trinajstić information content (AvgIpc) is 2.82. The maximum absolute atomic E-state index is 11.8. The van der Waals surface area contributed by atoms with Crippen molar-refractivity contribution in [1.82, 2.24) is 5.32 Å². The summed E-state index contributed by atoms with van der Waals surface area (Å²) in [7, 11) is -3.76. The van der Waals surface area contributed by atoms with E-state index in [0.717, 1.165) is 19.4 Å². The molecule has 2 rings (SSSR count). The Bertz CT molecular complexity index is 468. The van der Waals surface area contributed by atoms with Gasteiger partial charge in [0.25, 0.3) is 0 Å². The molecule has 1 fully saturated rings. The Balaban J connectivity index is 1.94. The largest absolute Gasteiger partial charge is 0.390 e. The molecule has 5 nitrogen and oxygen atoms in total. The molecule has 1 aliphatic rings. The predicted molar refractivity (Wildman–Crippen MR) is 67.9 cm³/mol. The van der Waals surface area contributed by atoms with E-state index in [2.05, 4.69) is 5.32 Å². The minimum Gasteiger partial charge on any atom is -0.390 e. The second kappa shape index (κ2) is 5.69. The van der Waals surface area contributed by atoms with Crippen LogP contribution in [0.3, 0.4) is 0 Å². The number of benzene rings is 1. The van der Waals surface area contributed by atoms with Crippen LogP contribution in [0.5, 0.6) is 5.75 Å². The van der Waals surface area contributed by atoms with Gasteiger partial charge in [0.05, 0.1) is 6.10 Å². The Morgan fingerprint density at radius 2 is 2.11 bits per heavy atom. The monoisotopic (exact) mass is 271 g/mol. The lowest BCUT2D eigenvalue weighted by Gasteiger charge is -2.18. The highest BCUT2D eigenvalue weighted by Gasteiger charge is 2.28. The van der Waals surface area contributed by atoms with Crippen LogP contribution in [0.4, 0.5) is 0 Å². The fraction of sp³-hybridized carbons (Fsp3) is 0.500. The van der Waals surface area contributed by atoms with Crippen molar-refractivity contribution in [3.05, 3.63) is 30.3 Å².